The number of fused-ring (bicyclic) bond motifs is 1. The number of nitrogens with one attached hydrogen (secondary N) is 1. The molecule has 0 unspecified atom stereocenters. The molecule has 0 aliphatic carbocycles. The molecule has 2 aliphatic rings. The summed E-state index contributed by atoms with van der Waals surface area (Å²) in [5.74, 6) is 1.19. The van der Waals surface area contributed by atoms with Crippen LogP contribution in [0, 0.1) is 12.8 Å². The third kappa shape index (κ3) is 3.46. The average molecular weight is 339 g/mol. The van der Waals surface area contributed by atoms with Crippen LogP contribution in [0.3, 0.4) is 0 Å². The van der Waals surface area contributed by atoms with Gasteiger partial charge in [-0.25, -0.2) is 0 Å². The van der Waals surface area contributed by atoms with E-state index in [4.69, 9.17) is 4.74 Å². The number of piperidine rings is 1. The molecule has 1 N–H and O–H groups in total. The molecule has 2 saturated heterocycles. The van der Waals surface area contributed by atoms with Crippen molar-refractivity contribution < 1.29 is 9.53 Å². The quantitative estimate of drug-likeness (QED) is 0.918. The Morgan fingerprint density at radius 3 is 3.00 bits per heavy atom. The van der Waals surface area contributed by atoms with Crippen molar-refractivity contribution in [3.63, 3.8) is 0 Å². The number of anilines is 2. The number of aromatic nitrogens is 3. The number of carbonyl (C=O) groups excluding carboxylic acids is 1. The largest absolute Gasteiger partial charge is 0.363 e. The van der Waals surface area contributed by atoms with E-state index < -0.39 is 6.10 Å². The number of aryl methyl sites for hydroxylation is 1. The Balaban J connectivity index is 1.38. The van der Waals surface area contributed by atoms with Crippen LogP contribution in [-0.4, -0.2) is 46.4 Å². The molecule has 3 atom stereocenters. The lowest BCUT2D eigenvalue weighted by Crippen LogP contribution is -2.43. The number of amides is 1. The maximum Gasteiger partial charge on any atom is 0.253 e. The summed E-state index contributed by atoms with van der Waals surface area (Å²) in [5, 5.41) is 11.3. The van der Waals surface area contributed by atoms with E-state index in [1.165, 1.54) is 0 Å². The van der Waals surface area contributed by atoms with Gasteiger partial charge in [0.15, 0.2) is 5.82 Å². The Kier molecular flexibility index (Phi) is 4.31. The number of hydrogen-bond acceptors (Lipinski definition) is 6. The molecule has 0 aromatic carbocycles. The summed E-state index contributed by atoms with van der Waals surface area (Å²) in [7, 11) is 0. The van der Waals surface area contributed by atoms with E-state index in [1.807, 2.05) is 25.1 Å². The summed E-state index contributed by atoms with van der Waals surface area (Å²) in [6.45, 7) is 3.59. The lowest BCUT2D eigenvalue weighted by molar-refractivity contribution is -0.126. The van der Waals surface area contributed by atoms with E-state index in [9.17, 15) is 4.79 Å². The fourth-order valence-electron chi connectivity index (χ4n) is 3.53. The first kappa shape index (κ1) is 16.0. The van der Waals surface area contributed by atoms with Crippen molar-refractivity contribution >= 4 is 17.4 Å². The molecule has 0 bridgehead atoms. The minimum Gasteiger partial charge on any atom is -0.363 e. The molecule has 25 heavy (non-hydrogen) atoms. The van der Waals surface area contributed by atoms with E-state index in [0.717, 1.165) is 37.4 Å². The maximum atomic E-state index is 12.4. The van der Waals surface area contributed by atoms with Crippen molar-refractivity contribution in [2.45, 2.75) is 32.0 Å². The van der Waals surface area contributed by atoms with Crippen molar-refractivity contribution in [3.05, 3.63) is 42.4 Å². The van der Waals surface area contributed by atoms with Crippen LogP contribution in [0.15, 0.2) is 36.7 Å². The van der Waals surface area contributed by atoms with Gasteiger partial charge in [-0.2, -0.15) is 5.10 Å². The van der Waals surface area contributed by atoms with Gasteiger partial charge in [0.05, 0.1) is 23.7 Å². The van der Waals surface area contributed by atoms with Crippen LogP contribution in [0.1, 0.15) is 18.5 Å². The topological polar surface area (TPSA) is 80.2 Å². The van der Waals surface area contributed by atoms with E-state index >= 15 is 0 Å². The predicted molar refractivity (Wildman–Crippen MR) is 93.2 cm³/mol. The summed E-state index contributed by atoms with van der Waals surface area (Å²) in [5.41, 5.74) is 1.60. The first-order valence-electron chi connectivity index (χ1n) is 8.60. The van der Waals surface area contributed by atoms with Gasteiger partial charge in [0.2, 0.25) is 0 Å². The summed E-state index contributed by atoms with van der Waals surface area (Å²) < 4.78 is 6.05. The second kappa shape index (κ2) is 6.76. The third-order valence-corrected chi connectivity index (χ3v) is 4.88. The maximum absolute atomic E-state index is 12.4. The minimum absolute atomic E-state index is 0.0569. The van der Waals surface area contributed by atoms with Crippen molar-refractivity contribution in [2.24, 2.45) is 5.92 Å². The van der Waals surface area contributed by atoms with Gasteiger partial charge in [-0.05, 0) is 49.9 Å². The molecule has 1 amide bonds. The molecule has 7 nitrogen and oxygen atoms in total. The number of pyridine rings is 1. The average Bonchev–Trinajstić information content (AvgIpc) is 3.06. The molecule has 2 fully saturated rings. The van der Waals surface area contributed by atoms with E-state index in [2.05, 4.69) is 25.4 Å². The van der Waals surface area contributed by atoms with Crippen LogP contribution in [0.5, 0.6) is 0 Å². The highest BCUT2D eigenvalue weighted by Gasteiger charge is 2.42. The highest BCUT2D eigenvalue weighted by molar-refractivity contribution is 5.94. The molecule has 2 aromatic rings. The minimum atomic E-state index is -0.403. The van der Waals surface area contributed by atoms with Crippen molar-refractivity contribution in [2.75, 3.05) is 23.3 Å². The Morgan fingerprint density at radius 2 is 2.24 bits per heavy atom. The molecule has 0 spiro atoms. The molecular weight excluding hydrogens is 318 g/mol. The summed E-state index contributed by atoms with van der Waals surface area (Å²) in [6.07, 6.45) is 4.73. The van der Waals surface area contributed by atoms with Crippen LogP contribution in [-0.2, 0) is 9.53 Å². The fraction of sp³-hybridized carbons (Fsp3) is 0.444. The van der Waals surface area contributed by atoms with Crippen LogP contribution < -0.4 is 10.2 Å². The van der Waals surface area contributed by atoms with Crippen LogP contribution in [0.4, 0.5) is 11.5 Å². The van der Waals surface area contributed by atoms with E-state index in [1.54, 1.807) is 18.5 Å². The Hall–Kier alpha value is -2.54. The zero-order valence-electron chi connectivity index (χ0n) is 14.1. The van der Waals surface area contributed by atoms with E-state index in [0.29, 0.717) is 11.6 Å². The van der Waals surface area contributed by atoms with E-state index in [-0.39, 0.29) is 12.0 Å². The normalized spacial score (nSPS) is 25.5. The van der Waals surface area contributed by atoms with Gasteiger partial charge in [-0.1, -0.05) is 0 Å². The van der Waals surface area contributed by atoms with Gasteiger partial charge in [0.25, 0.3) is 5.91 Å². The molecule has 7 heteroatoms. The lowest BCUT2D eigenvalue weighted by Gasteiger charge is -2.34. The van der Waals surface area contributed by atoms with Gasteiger partial charge in [-0.15, -0.1) is 5.10 Å². The molecule has 4 heterocycles. The summed E-state index contributed by atoms with van der Waals surface area (Å²) in [4.78, 5) is 18.6. The number of rotatable bonds is 3. The monoisotopic (exact) mass is 339 g/mol. The Morgan fingerprint density at radius 1 is 1.32 bits per heavy atom. The van der Waals surface area contributed by atoms with Gasteiger partial charge in [-0.3, -0.25) is 9.78 Å². The standard InChI is InChI=1S/C18H21N5O2/c1-12-4-5-17(22-21-12)23-8-6-13-9-15(25-16(13)11-23)18(24)20-14-3-2-7-19-10-14/h2-5,7,10,13,15-16H,6,8-9,11H2,1H3,(H,20,24)/t13-,15-,16+/m0/s1. The smallest absolute Gasteiger partial charge is 0.253 e. The SMILES string of the molecule is Cc1ccc(N2CC[C@H]3C[C@@H](C(=O)Nc4cccnc4)O[C@@H]3C2)nn1. The van der Waals surface area contributed by atoms with Crippen LogP contribution in [0.25, 0.3) is 0 Å². The lowest BCUT2D eigenvalue weighted by atomic mass is 9.91. The van der Waals surface area contributed by atoms with Crippen molar-refractivity contribution in [1.29, 1.82) is 0 Å². The molecular formula is C18H21N5O2. The van der Waals surface area contributed by atoms with Crippen LogP contribution in [0.2, 0.25) is 0 Å². The van der Waals surface area contributed by atoms with Gasteiger partial charge in [0.1, 0.15) is 6.10 Å². The highest BCUT2D eigenvalue weighted by atomic mass is 16.5. The van der Waals surface area contributed by atoms with Gasteiger partial charge in [0, 0.05) is 19.3 Å². The number of ether oxygens (including phenoxy) is 1. The predicted octanol–water partition coefficient (Wildman–Crippen LogP) is 1.80. The van der Waals surface area contributed by atoms with Gasteiger partial charge < -0.3 is 15.0 Å². The summed E-state index contributed by atoms with van der Waals surface area (Å²) in [6, 6.07) is 7.58. The molecule has 130 valence electrons. The third-order valence-electron chi connectivity index (χ3n) is 4.88. The van der Waals surface area contributed by atoms with Gasteiger partial charge >= 0.3 is 0 Å². The summed E-state index contributed by atoms with van der Waals surface area (Å²) >= 11 is 0. The van der Waals surface area contributed by atoms with Crippen molar-refractivity contribution in [1.82, 2.24) is 15.2 Å². The first-order valence-corrected chi connectivity index (χ1v) is 8.60. The Bertz CT molecular complexity index is 737. The number of nitrogens with zero attached hydrogens (tertiary/aromatic N) is 4. The number of carbonyl (C=O) groups is 1. The fourth-order valence-corrected chi connectivity index (χ4v) is 3.53. The van der Waals surface area contributed by atoms with Crippen LogP contribution >= 0.6 is 0 Å². The molecule has 0 saturated carbocycles. The highest BCUT2D eigenvalue weighted by Crippen LogP contribution is 2.34. The Labute approximate surface area is 146 Å². The van der Waals surface area contributed by atoms with Crippen molar-refractivity contribution in [3.8, 4) is 0 Å². The zero-order valence-corrected chi connectivity index (χ0v) is 14.1. The molecule has 2 aromatic heterocycles. The first-order chi connectivity index (χ1) is 12.2. The second-order valence-corrected chi connectivity index (χ2v) is 6.66. The molecule has 4 rings (SSSR count). The molecule has 2 aliphatic heterocycles. The second-order valence-electron chi connectivity index (χ2n) is 6.66. The molecule has 0 radical (unpaired) electrons. The number of hydrogen-bond donors (Lipinski definition) is 1. The zero-order chi connectivity index (χ0) is 17.2.